The molecule has 0 spiro atoms. The van der Waals surface area contributed by atoms with E-state index in [4.69, 9.17) is 11.6 Å². The van der Waals surface area contributed by atoms with E-state index in [1.807, 2.05) is 49.7 Å². The summed E-state index contributed by atoms with van der Waals surface area (Å²) in [6.45, 7) is 6.10. The molecule has 0 aliphatic heterocycles. The van der Waals surface area contributed by atoms with E-state index in [2.05, 4.69) is 18.8 Å². The first-order valence-corrected chi connectivity index (χ1v) is 7.80. The van der Waals surface area contributed by atoms with Crippen molar-refractivity contribution in [3.8, 4) is 11.8 Å². The quantitative estimate of drug-likeness (QED) is 0.329. The lowest BCUT2D eigenvalue weighted by molar-refractivity contribution is 0.105. The Morgan fingerprint density at radius 2 is 1.95 bits per heavy atom. The van der Waals surface area contributed by atoms with E-state index in [9.17, 15) is 4.79 Å². The lowest BCUT2D eigenvalue weighted by Gasteiger charge is -1.95. The number of halogens is 1. The molecule has 1 aromatic carbocycles. The Kier molecular flexibility index (Phi) is 7.05. The van der Waals surface area contributed by atoms with Crippen molar-refractivity contribution in [3.63, 3.8) is 0 Å². The lowest BCUT2D eigenvalue weighted by Crippen LogP contribution is -1.96. The van der Waals surface area contributed by atoms with Gasteiger partial charge in [-0.05, 0) is 18.4 Å². The van der Waals surface area contributed by atoms with E-state index in [0.717, 1.165) is 30.2 Å². The van der Waals surface area contributed by atoms with Crippen LogP contribution < -0.4 is 0 Å². The fourth-order valence-corrected chi connectivity index (χ4v) is 2.33. The third-order valence-electron chi connectivity index (χ3n) is 3.12. The lowest BCUT2D eigenvalue weighted by atomic mass is 10.1. The Bertz CT molecular complexity index is 674. The average molecular weight is 304 g/mol. The molecule has 2 nitrogen and oxygen atoms in total. The minimum absolute atomic E-state index is 0.196. The van der Waals surface area contributed by atoms with Crippen molar-refractivity contribution in [1.82, 2.24) is 4.57 Å². The van der Waals surface area contributed by atoms with Gasteiger partial charge in [-0.2, -0.15) is 0 Å². The third kappa shape index (κ3) is 3.89. The number of hydrogen-bond donors (Lipinski definition) is 0. The van der Waals surface area contributed by atoms with Crippen molar-refractivity contribution >= 4 is 28.3 Å². The summed E-state index contributed by atoms with van der Waals surface area (Å²) in [5.74, 6) is 5.42. The predicted molar refractivity (Wildman–Crippen MR) is 90.9 cm³/mol. The molecule has 0 aliphatic carbocycles. The number of carbonyl (C=O) groups excluding carboxylic acids is 1. The second kappa shape index (κ2) is 8.54. The first-order valence-electron chi connectivity index (χ1n) is 7.43. The molecule has 0 saturated carbocycles. The summed E-state index contributed by atoms with van der Waals surface area (Å²) in [5, 5.41) is 1.32. The van der Waals surface area contributed by atoms with E-state index < -0.39 is 0 Å². The maximum atomic E-state index is 12.2. The molecule has 0 N–H and O–H groups in total. The van der Waals surface area contributed by atoms with Gasteiger partial charge in [0.15, 0.2) is 0 Å². The number of fused-ring (bicyclic) bond motifs is 1. The third-order valence-corrected chi connectivity index (χ3v) is 3.56. The topological polar surface area (TPSA) is 22.0 Å². The molecule has 3 heteroatoms. The van der Waals surface area contributed by atoms with Gasteiger partial charge in [0.05, 0.1) is 5.56 Å². The van der Waals surface area contributed by atoms with Crippen LogP contribution in [0.2, 0.25) is 5.15 Å². The zero-order valence-corrected chi connectivity index (χ0v) is 13.9. The van der Waals surface area contributed by atoms with Crippen molar-refractivity contribution in [2.24, 2.45) is 7.05 Å². The molecule has 2 aromatic rings. The van der Waals surface area contributed by atoms with Crippen LogP contribution in [0.1, 0.15) is 50.4 Å². The van der Waals surface area contributed by atoms with Gasteiger partial charge < -0.3 is 4.57 Å². The molecule has 2 rings (SSSR count). The molecule has 0 aliphatic rings. The van der Waals surface area contributed by atoms with Crippen molar-refractivity contribution in [2.45, 2.75) is 40.0 Å². The number of carbonyl (C=O) groups is 1. The van der Waals surface area contributed by atoms with Crippen LogP contribution in [0.15, 0.2) is 24.3 Å². The standard InChI is InChI=1S/C16H16ClNO.C2H6/c1-3-4-5-6-11-14(19)15-12-9-7-8-10-13(12)18(2)16(15)17;1-2/h7-10H,3-5H2,1-2H3;1-2H3. The van der Waals surface area contributed by atoms with E-state index >= 15 is 0 Å². The van der Waals surface area contributed by atoms with Crippen molar-refractivity contribution in [2.75, 3.05) is 0 Å². The number of nitrogens with zero attached hydrogens (tertiary/aromatic N) is 1. The number of benzene rings is 1. The van der Waals surface area contributed by atoms with Gasteiger partial charge in [-0.15, -0.1) is 0 Å². The SMILES string of the molecule is CC.CCCCC#CC(=O)c1c(Cl)n(C)c2ccccc12. The number of unbranched alkanes of at least 4 members (excludes halogenated alkanes) is 2. The van der Waals surface area contributed by atoms with Crippen LogP contribution in [-0.4, -0.2) is 10.4 Å². The Balaban J connectivity index is 0.00000106. The van der Waals surface area contributed by atoms with Crippen LogP contribution in [0.3, 0.4) is 0 Å². The highest BCUT2D eigenvalue weighted by atomic mass is 35.5. The van der Waals surface area contributed by atoms with Gasteiger partial charge in [0.25, 0.3) is 0 Å². The minimum Gasteiger partial charge on any atom is -0.334 e. The fourth-order valence-electron chi connectivity index (χ4n) is 2.05. The van der Waals surface area contributed by atoms with Crippen LogP contribution in [-0.2, 0) is 7.05 Å². The van der Waals surface area contributed by atoms with E-state index in [1.165, 1.54) is 0 Å². The number of aryl methyl sites for hydroxylation is 1. The summed E-state index contributed by atoms with van der Waals surface area (Å²) in [7, 11) is 1.85. The molecule has 0 radical (unpaired) electrons. The first-order chi connectivity index (χ1) is 10.2. The average Bonchev–Trinajstić information content (AvgIpc) is 2.78. The Labute approximate surface area is 132 Å². The smallest absolute Gasteiger partial charge is 0.239 e. The van der Waals surface area contributed by atoms with Gasteiger partial charge in [0.2, 0.25) is 5.78 Å². The van der Waals surface area contributed by atoms with Gasteiger partial charge in [-0.3, -0.25) is 4.79 Å². The monoisotopic (exact) mass is 303 g/mol. The Hall–Kier alpha value is -1.72. The zero-order chi connectivity index (χ0) is 15.8. The van der Waals surface area contributed by atoms with Crippen LogP contribution in [0, 0.1) is 11.8 Å². The van der Waals surface area contributed by atoms with Gasteiger partial charge in [-0.1, -0.05) is 62.9 Å². The summed E-state index contributed by atoms with van der Waals surface area (Å²) in [4.78, 5) is 12.2. The largest absolute Gasteiger partial charge is 0.334 e. The number of rotatable bonds is 3. The predicted octanol–water partition coefficient (Wildman–Crippen LogP) is 5.23. The van der Waals surface area contributed by atoms with Crippen molar-refractivity contribution in [1.29, 1.82) is 0 Å². The molecule has 112 valence electrons. The molecular weight excluding hydrogens is 282 g/mol. The highest BCUT2D eigenvalue weighted by Crippen LogP contribution is 2.29. The fraction of sp³-hybridized carbons (Fsp3) is 0.389. The Morgan fingerprint density at radius 3 is 2.62 bits per heavy atom. The maximum Gasteiger partial charge on any atom is 0.239 e. The van der Waals surface area contributed by atoms with Crippen LogP contribution in [0.4, 0.5) is 0 Å². The maximum absolute atomic E-state index is 12.2. The van der Waals surface area contributed by atoms with Gasteiger partial charge in [0.1, 0.15) is 5.15 Å². The molecular formula is C18H22ClNO. The van der Waals surface area contributed by atoms with Crippen molar-refractivity contribution < 1.29 is 4.79 Å². The number of Topliss-reactive ketones (excluding diaryl/α,β-unsaturated/α-hetero) is 1. The molecule has 0 fully saturated rings. The summed E-state index contributed by atoms with van der Waals surface area (Å²) in [6.07, 6.45) is 2.85. The molecule has 0 atom stereocenters. The molecule has 0 bridgehead atoms. The second-order valence-electron chi connectivity index (χ2n) is 4.48. The van der Waals surface area contributed by atoms with E-state index in [1.54, 1.807) is 0 Å². The summed E-state index contributed by atoms with van der Waals surface area (Å²) in [6, 6.07) is 7.68. The van der Waals surface area contributed by atoms with E-state index in [-0.39, 0.29) is 5.78 Å². The van der Waals surface area contributed by atoms with Crippen LogP contribution >= 0.6 is 11.6 Å². The molecule has 0 saturated heterocycles. The minimum atomic E-state index is -0.196. The highest BCUT2D eigenvalue weighted by Gasteiger charge is 2.17. The Morgan fingerprint density at radius 1 is 1.29 bits per heavy atom. The van der Waals surface area contributed by atoms with Crippen LogP contribution in [0.5, 0.6) is 0 Å². The summed E-state index contributed by atoms with van der Waals surface area (Å²) < 4.78 is 1.82. The summed E-state index contributed by atoms with van der Waals surface area (Å²) >= 11 is 6.25. The zero-order valence-electron chi connectivity index (χ0n) is 13.2. The normalized spacial score (nSPS) is 9.57. The molecule has 0 unspecified atom stereocenters. The van der Waals surface area contributed by atoms with Gasteiger partial charge in [0, 0.05) is 24.4 Å². The number of para-hydroxylation sites is 1. The number of aromatic nitrogens is 1. The first kappa shape index (κ1) is 17.3. The van der Waals surface area contributed by atoms with Crippen molar-refractivity contribution in [3.05, 3.63) is 35.0 Å². The highest BCUT2D eigenvalue weighted by molar-refractivity contribution is 6.37. The molecule has 21 heavy (non-hydrogen) atoms. The molecule has 1 heterocycles. The molecule has 1 aromatic heterocycles. The number of ketones is 1. The van der Waals surface area contributed by atoms with Gasteiger partial charge >= 0.3 is 0 Å². The van der Waals surface area contributed by atoms with Crippen LogP contribution in [0.25, 0.3) is 10.9 Å². The molecule has 0 amide bonds. The van der Waals surface area contributed by atoms with Gasteiger partial charge in [-0.25, -0.2) is 0 Å². The number of hydrogen-bond acceptors (Lipinski definition) is 1. The second-order valence-corrected chi connectivity index (χ2v) is 4.83. The summed E-state index contributed by atoms with van der Waals surface area (Å²) in [5.41, 5.74) is 1.47. The van der Waals surface area contributed by atoms with E-state index in [0.29, 0.717) is 10.7 Å².